The van der Waals surface area contributed by atoms with Crippen LogP contribution in [-0.4, -0.2) is 32.3 Å². The number of hydrogen-bond donors (Lipinski definition) is 2. The summed E-state index contributed by atoms with van der Waals surface area (Å²) >= 11 is 5.86. The van der Waals surface area contributed by atoms with Gasteiger partial charge in [0.2, 0.25) is 0 Å². The van der Waals surface area contributed by atoms with Crippen LogP contribution in [0, 0.1) is 0 Å². The lowest BCUT2D eigenvalue weighted by molar-refractivity contribution is 0.214. The fourth-order valence-corrected chi connectivity index (χ4v) is 2.92. The number of halogens is 1. The third-order valence-electron chi connectivity index (χ3n) is 4.12. The normalized spacial score (nSPS) is 15.7. The van der Waals surface area contributed by atoms with Gasteiger partial charge in [-0.3, -0.25) is 0 Å². The first-order valence-corrected chi connectivity index (χ1v) is 8.60. The molecule has 2 amide bonds. The molecule has 1 aliphatic rings. The van der Waals surface area contributed by atoms with Crippen LogP contribution in [0.4, 0.5) is 4.79 Å². The summed E-state index contributed by atoms with van der Waals surface area (Å²) in [6, 6.07) is 13.1. The molecule has 0 aliphatic carbocycles. The van der Waals surface area contributed by atoms with Crippen LogP contribution in [0.25, 0.3) is 0 Å². The van der Waals surface area contributed by atoms with Gasteiger partial charge < -0.3 is 20.1 Å². The van der Waals surface area contributed by atoms with Crippen LogP contribution < -0.4 is 20.1 Å². The van der Waals surface area contributed by atoms with Crippen molar-refractivity contribution in [1.82, 2.24) is 10.6 Å². The molecule has 0 aromatic heterocycles. The number of fused-ring (bicyclic) bond motifs is 1. The van der Waals surface area contributed by atoms with Gasteiger partial charge in [-0.05, 0) is 54.3 Å². The molecule has 0 saturated heterocycles. The van der Waals surface area contributed by atoms with E-state index in [1.54, 1.807) is 7.11 Å². The topological polar surface area (TPSA) is 59.6 Å². The maximum atomic E-state index is 12.1. The molecule has 3 rings (SSSR count). The fraction of sp³-hybridized carbons (Fsp3) is 0.316. The standard InChI is InChI=1S/C19H21ClN2O3/c1-24-17-6-7-18-14(11-17)10-16(12-25-18)22-19(23)21-9-8-13-2-4-15(20)5-3-13/h2-7,11,16H,8-10,12H2,1H3,(H2,21,22,23)/t16-/m1/s1. The highest BCUT2D eigenvalue weighted by molar-refractivity contribution is 6.30. The number of methoxy groups -OCH3 is 1. The summed E-state index contributed by atoms with van der Waals surface area (Å²) in [7, 11) is 1.63. The minimum absolute atomic E-state index is 0.0601. The lowest BCUT2D eigenvalue weighted by Crippen LogP contribution is -2.47. The van der Waals surface area contributed by atoms with E-state index in [0.717, 1.165) is 35.5 Å². The summed E-state index contributed by atoms with van der Waals surface area (Å²) in [5, 5.41) is 6.54. The van der Waals surface area contributed by atoms with Gasteiger partial charge in [0.1, 0.15) is 18.1 Å². The van der Waals surface area contributed by atoms with Crippen LogP contribution in [0.3, 0.4) is 0 Å². The van der Waals surface area contributed by atoms with Crippen molar-refractivity contribution in [2.45, 2.75) is 18.9 Å². The van der Waals surface area contributed by atoms with E-state index >= 15 is 0 Å². The van der Waals surface area contributed by atoms with Crippen LogP contribution in [0.2, 0.25) is 5.02 Å². The van der Waals surface area contributed by atoms with Gasteiger partial charge in [0, 0.05) is 11.6 Å². The molecule has 0 bridgehead atoms. The zero-order valence-electron chi connectivity index (χ0n) is 14.0. The molecule has 0 saturated carbocycles. The summed E-state index contributed by atoms with van der Waals surface area (Å²) < 4.78 is 10.9. The van der Waals surface area contributed by atoms with E-state index < -0.39 is 0 Å². The van der Waals surface area contributed by atoms with E-state index in [1.165, 1.54) is 0 Å². The molecule has 1 aliphatic heterocycles. The van der Waals surface area contributed by atoms with Gasteiger partial charge >= 0.3 is 6.03 Å². The monoisotopic (exact) mass is 360 g/mol. The number of benzene rings is 2. The Morgan fingerprint density at radius 2 is 2.08 bits per heavy atom. The minimum Gasteiger partial charge on any atom is -0.497 e. The maximum absolute atomic E-state index is 12.1. The predicted octanol–water partition coefficient (Wildman–Crippen LogP) is 3.19. The van der Waals surface area contributed by atoms with E-state index in [4.69, 9.17) is 21.1 Å². The zero-order valence-corrected chi connectivity index (χ0v) is 14.8. The summed E-state index contributed by atoms with van der Waals surface area (Å²) in [6.07, 6.45) is 1.48. The molecule has 2 aromatic carbocycles. The van der Waals surface area contributed by atoms with Crippen LogP contribution in [0.15, 0.2) is 42.5 Å². The van der Waals surface area contributed by atoms with Gasteiger partial charge in [-0.2, -0.15) is 0 Å². The largest absolute Gasteiger partial charge is 0.497 e. The number of ether oxygens (including phenoxy) is 2. The van der Waals surface area contributed by atoms with E-state index in [-0.39, 0.29) is 12.1 Å². The van der Waals surface area contributed by atoms with Crippen molar-refractivity contribution in [3.05, 3.63) is 58.6 Å². The summed E-state index contributed by atoms with van der Waals surface area (Å²) in [5.41, 5.74) is 2.17. The molecule has 5 nitrogen and oxygen atoms in total. The van der Waals surface area contributed by atoms with E-state index in [2.05, 4.69) is 10.6 Å². The summed E-state index contributed by atoms with van der Waals surface area (Å²) in [4.78, 5) is 12.1. The molecule has 0 radical (unpaired) electrons. The van der Waals surface area contributed by atoms with Crippen molar-refractivity contribution in [2.24, 2.45) is 0 Å². The Morgan fingerprint density at radius 1 is 1.28 bits per heavy atom. The number of amides is 2. The molecule has 0 spiro atoms. The highest BCUT2D eigenvalue weighted by Gasteiger charge is 2.21. The molecule has 6 heteroatoms. The minimum atomic E-state index is -0.186. The van der Waals surface area contributed by atoms with Gasteiger partial charge in [-0.1, -0.05) is 23.7 Å². The maximum Gasteiger partial charge on any atom is 0.315 e. The Balaban J connectivity index is 1.46. The number of urea groups is 1. The smallest absolute Gasteiger partial charge is 0.315 e. The Bertz CT molecular complexity index is 734. The number of carbonyl (C=O) groups is 1. The molecule has 2 N–H and O–H groups in total. The second kappa shape index (κ2) is 8.12. The first-order valence-electron chi connectivity index (χ1n) is 8.22. The van der Waals surface area contributed by atoms with Gasteiger partial charge in [0.15, 0.2) is 0 Å². The van der Waals surface area contributed by atoms with Gasteiger partial charge in [-0.15, -0.1) is 0 Å². The molecular formula is C19H21ClN2O3. The second-order valence-electron chi connectivity index (χ2n) is 5.96. The van der Waals surface area contributed by atoms with Crippen LogP contribution >= 0.6 is 11.6 Å². The van der Waals surface area contributed by atoms with Gasteiger partial charge in [0.25, 0.3) is 0 Å². The molecule has 0 fully saturated rings. The van der Waals surface area contributed by atoms with Crippen LogP contribution in [-0.2, 0) is 12.8 Å². The highest BCUT2D eigenvalue weighted by atomic mass is 35.5. The van der Waals surface area contributed by atoms with Crippen molar-refractivity contribution >= 4 is 17.6 Å². The summed E-state index contributed by atoms with van der Waals surface area (Å²) in [5.74, 6) is 1.64. The number of hydrogen-bond acceptors (Lipinski definition) is 3. The lowest BCUT2D eigenvalue weighted by Gasteiger charge is -2.26. The predicted molar refractivity (Wildman–Crippen MR) is 97.7 cm³/mol. The second-order valence-corrected chi connectivity index (χ2v) is 6.40. The number of carbonyl (C=O) groups excluding carboxylic acids is 1. The first kappa shape index (κ1) is 17.4. The van der Waals surface area contributed by atoms with E-state index in [1.807, 2.05) is 42.5 Å². The number of rotatable bonds is 5. The molecule has 1 heterocycles. The zero-order chi connectivity index (χ0) is 17.6. The molecule has 25 heavy (non-hydrogen) atoms. The molecular weight excluding hydrogens is 340 g/mol. The van der Waals surface area contributed by atoms with Crippen molar-refractivity contribution in [3.63, 3.8) is 0 Å². The highest BCUT2D eigenvalue weighted by Crippen LogP contribution is 2.28. The Morgan fingerprint density at radius 3 is 2.84 bits per heavy atom. The molecule has 2 aromatic rings. The molecule has 132 valence electrons. The lowest BCUT2D eigenvalue weighted by atomic mass is 10.0. The van der Waals surface area contributed by atoms with E-state index in [9.17, 15) is 4.79 Å². The van der Waals surface area contributed by atoms with E-state index in [0.29, 0.717) is 18.2 Å². The first-order chi connectivity index (χ1) is 12.1. The molecule has 0 unspecified atom stereocenters. The average molecular weight is 361 g/mol. The van der Waals surface area contributed by atoms with Crippen LogP contribution in [0.1, 0.15) is 11.1 Å². The molecule has 1 atom stereocenters. The van der Waals surface area contributed by atoms with Crippen molar-refractivity contribution in [2.75, 3.05) is 20.3 Å². The Labute approximate surface area is 152 Å². The Hall–Kier alpha value is -2.40. The quantitative estimate of drug-likeness (QED) is 0.860. The third-order valence-corrected chi connectivity index (χ3v) is 4.37. The summed E-state index contributed by atoms with van der Waals surface area (Å²) in [6.45, 7) is 1.02. The third kappa shape index (κ3) is 4.79. The van der Waals surface area contributed by atoms with Crippen molar-refractivity contribution in [1.29, 1.82) is 0 Å². The fourth-order valence-electron chi connectivity index (χ4n) is 2.80. The number of nitrogens with one attached hydrogen (secondary N) is 2. The van der Waals surface area contributed by atoms with Gasteiger partial charge in [-0.25, -0.2) is 4.79 Å². The Kier molecular flexibility index (Phi) is 5.66. The SMILES string of the molecule is COc1ccc2c(c1)C[C@@H](NC(=O)NCCc1ccc(Cl)cc1)CO2. The van der Waals surface area contributed by atoms with Gasteiger partial charge in [0.05, 0.1) is 13.2 Å². The average Bonchev–Trinajstić information content (AvgIpc) is 2.62. The van der Waals surface area contributed by atoms with Crippen molar-refractivity contribution < 1.29 is 14.3 Å². The van der Waals surface area contributed by atoms with Crippen molar-refractivity contribution in [3.8, 4) is 11.5 Å². The van der Waals surface area contributed by atoms with Crippen LogP contribution in [0.5, 0.6) is 11.5 Å².